The quantitative estimate of drug-likeness (QED) is 0.763. The molecule has 0 aliphatic heterocycles. The van der Waals surface area contributed by atoms with Gasteiger partial charge in [0.25, 0.3) is 0 Å². The molecule has 1 heterocycles. The van der Waals surface area contributed by atoms with Crippen LogP contribution in [-0.2, 0) is 7.05 Å². The lowest BCUT2D eigenvalue weighted by molar-refractivity contribution is 0.322. The average Bonchev–Trinajstić information content (AvgIpc) is 2.48. The SMILES string of the molecule is C[C](SCCO)Sc1nccn1C. The first-order chi connectivity index (χ1) is 6.24. The summed E-state index contributed by atoms with van der Waals surface area (Å²) in [6.07, 6.45) is 3.71. The highest BCUT2D eigenvalue weighted by Gasteiger charge is 2.08. The van der Waals surface area contributed by atoms with Gasteiger partial charge in [-0.15, -0.1) is 11.8 Å². The van der Waals surface area contributed by atoms with Gasteiger partial charge in [-0.05, 0) is 6.92 Å². The minimum absolute atomic E-state index is 0.225. The first-order valence-electron chi connectivity index (χ1n) is 3.96. The number of aryl methyl sites for hydroxylation is 1. The zero-order valence-electron chi connectivity index (χ0n) is 7.73. The van der Waals surface area contributed by atoms with Gasteiger partial charge in [-0.1, -0.05) is 11.8 Å². The van der Waals surface area contributed by atoms with Gasteiger partial charge in [0.2, 0.25) is 0 Å². The number of imidazole rings is 1. The van der Waals surface area contributed by atoms with Gasteiger partial charge in [-0.2, -0.15) is 0 Å². The molecule has 0 saturated carbocycles. The van der Waals surface area contributed by atoms with E-state index >= 15 is 0 Å². The fourth-order valence-electron chi connectivity index (χ4n) is 0.798. The summed E-state index contributed by atoms with van der Waals surface area (Å²) in [4.78, 5) is 4.19. The lowest BCUT2D eigenvalue weighted by Crippen LogP contribution is -1.92. The van der Waals surface area contributed by atoms with E-state index < -0.39 is 0 Å². The molecule has 0 spiro atoms. The normalized spacial score (nSPS) is 11.1. The molecule has 1 aromatic rings. The standard InChI is InChI=1S/C8H13N2OS2/c1-7(12-6-5-11)13-8-9-3-4-10(8)2/h3-4,11H,5-6H2,1-2H3. The summed E-state index contributed by atoms with van der Waals surface area (Å²) in [7, 11) is 1.97. The van der Waals surface area contributed by atoms with E-state index in [0.717, 1.165) is 10.9 Å². The van der Waals surface area contributed by atoms with Crippen molar-refractivity contribution >= 4 is 23.5 Å². The molecule has 5 heteroatoms. The Bertz CT molecular complexity index is 252. The monoisotopic (exact) mass is 217 g/mol. The van der Waals surface area contributed by atoms with E-state index in [9.17, 15) is 0 Å². The summed E-state index contributed by atoms with van der Waals surface area (Å²) in [5, 5.41) is 9.62. The van der Waals surface area contributed by atoms with Crippen LogP contribution in [0.2, 0.25) is 0 Å². The molecule has 0 unspecified atom stereocenters. The molecule has 0 atom stereocenters. The summed E-state index contributed by atoms with van der Waals surface area (Å²) in [5.41, 5.74) is 0. The minimum atomic E-state index is 0.225. The Morgan fingerprint density at radius 3 is 3.00 bits per heavy atom. The van der Waals surface area contributed by atoms with E-state index in [-0.39, 0.29) is 6.61 Å². The van der Waals surface area contributed by atoms with E-state index in [0.29, 0.717) is 0 Å². The van der Waals surface area contributed by atoms with Crippen LogP contribution in [0.4, 0.5) is 0 Å². The van der Waals surface area contributed by atoms with Crippen LogP contribution in [-0.4, -0.2) is 27.0 Å². The number of rotatable bonds is 5. The fraction of sp³-hybridized carbons (Fsp3) is 0.500. The average molecular weight is 217 g/mol. The molecular formula is C8H13N2OS2. The smallest absolute Gasteiger partial charge is 0.169 e. The second kappa shape index (κ2) is 5.57. The number of aliphatic hydroxyl groups excluding tert-OH is 1. The highest BCUT2D eigenvalue weighted by Crippen LogP contribution is 2.35. The van der Waals surface area contributed by atoms with Crippen LogP contribution in [0.1, 0.15) is 6.92 Å². The number of aliphatic hydroxyl groups is 1. The molecule has 0 aliphatic carbocycles. The predicted molar refractivity (Wildman–Crippen MR) is 57.5 cm³/mol. The molecule has 3 nitrogen and oxygen atoms in total. The van der Waals surface area contributed by atoms with Crippen LogP contribution in [0.25, 0.3) is 0 Å². The largest absolute Gasteiger partial charge is 0.396 e. The van der Waals surface area contributed by atoms with Gasteiger partial charge in [0.1, 0.15) is 0 Å². The summed E-state index contributed by atoms with van der Waals surface area (Å²) >= 11 is 3.30. The molecule has 0 aliphatic rings. The molecule has 0 bridgehead atoms. The third kappa shape index (κ3) is 3.62. The molecule has 73 valence electrons. The molecule has 1 N–H and O–H groups in total. The van der Waals surface area contributed by atoms with Crippen molar-refractivity contribution in [3.05, 3.63) is 17.0 Å². The molecule has 0 saturated heterocycles. The molecule has 0 aromatic carbocycles. The second-order valence-electron chi connectivity index (χ2n) is 2.49. The van der Waals surface area contributed by atoms with Gasteiger partial charge in [0, 0.05) is 25.2 Å². The molecule has 1 aromatic heterocycles. The molecule has 0 amide bonds. The van der Waals surface area contributed by atoms with Crippen molar-refractivity contribution in [2.45, 2.75) is 12.1 Å². The zero-order chi connectivity index (χ0) is 9.68. The number of nitrogens with zero attached hydrogens (tertiary/aromatic N) is 2. The highest BCUT2D eigenvalue weighted by atomic mass is 32.2. The van der Waals surface area contributed by atoms with Crippen molar-refractivity contribution in [1.29, 1.82) is 0 Å². The maximum Gasteiger partial charge on any atom is 0.169 e. The number of hydrogen-bond acceptors (Lipinski definition) is 4. The van der Waals surface area contributed by atoms with Crippen LogP contribution in [0.5, 0.6) is 0 Å². The van der Waals surface area contributed by atoms with Crippen LogP contribution >= 0.6 is 23.5 Å². The summed E-state index contributed by atoms with van der Waals surface area (Å²) in [5.74, 6) is 0.753. The van der Waals surface area contributed by atoms with Crippen LogP contribution < -0.4 is 0 Å². The van der Waals surface area contributed by atoms with Crippen molar-refractivity contribution in [3.63, 3.8) is 0 Å². The Hall–Kier alpha value is -0.130. The topological polar surface area (TPSA) is 38.1 Å². The Morgan fingerprint density at radius 2 is 2.46 bits per heavy atom. The van der Waals surface area contributed by atoms with Gasteiger partial charge < -0.3 is 9.67 Å². The Labute approximate surface area is 86.9 Å². The first-order valence-corrected chi connectivity index (χ1v) is 5.76. The molecule has 1 rings (SSSR count). The van der Waals surface area contributed by atoms with Crippen molar-refractivity contribution in [1.82, 2.24) is 9.55 Å². The van der Waals surface area contributed by atoms with E-state index in [2.05, 4.69) is 4.98 Å². The van der Waals surface area contributed by atoms with Gasteiger partial charge in [0.05, 0.1) is 11.2 Å². The lowest BCUT2D eigenvalue weighted by atomic mass is 10.9. The minimum Gasteiger partial charge on any atom is -0.396 e. The van der Waals surface area contributed by atoms with E-state index in [4.69, 9.17) is 5.11 Å². The van der Waals surface area contributed by atoms with Crippen molar-refractivity contribution in [2.75, 3.05) is 12.4 Å². The van der Waals surface area contributed by atoms with Crippen molar-refractivity contribution in [3.8, 4) is 0 Å². The Morgan fingerprint density at radius 1 is 1.69 bits per heavy atom. The van der Waals surface area contributed by atoms with Crippen LogP contribution in [0.15, 0.2) is 17.6 Å². The number of hydrogen-bond donors (Lipinski definition) is 1. The van der Waals surface area contributed by atoms with E-state index in [1.54, 1.807) is 29.7 Å². The second-order valence-corrected chi connectivity index (χ2v) is 5.24. The maximum absolute atomic E-state index is 8.63. The van der Waals surface area contributed by atoms with E-state index in [1.807, 2.05) is 24.7 Å². The molecule has 0 fully saturated rings. The van der Waals surface area contributed by atoms with Crippen LogP contribution in [0.3, 0.4) is 0 Å². The first kappa shape index (κ1) is 10.9. The lowest BCUT2D eigenvalue weighted by Gasteiger charge is -2.07. The maximum atomic E-state index is 8.63. The van der Waals surface area contributed by atoms with Gasteiger partial charge in [0.15, 0.2) is 5.16 Å². The summed E-state index contributed by atoms with van der Waals surface area (Å²) in [6, 6.07) is 0. The van der Waals surface area contributed by atoms with Gasteiger partial charge >= 0.3 is 0 Å². The predicted octanol–water partition coefficient (Wildman–Crippen LogP) is 1.75. The van der Waals surface area contributed by atoms with Crippen molar-refractivity contribution < 1.29 is 5.11 Å². The Kier molecular flexibility index (Phi) is 4.69. The zero-order valence-corrected chi connectivity index (χ0v) is 9.36. The summed E-state index contributed by atoms with van der Waals surface area (Å²) < 4.78 is 3.19. The number of aromatic nitrogens is 2. The Balaban J connectivity index is 2.36. The molecule has 13 heavy (non-hydrogen) atoms. The number of thioether (sulfide) groups is 2. The third-order valence-corrected chi connectivity index (χ3v) is 3.67. The van der Waals surface area contributed by atoms with Crippen molar-refractivity contribution in [2.24, 2.45) is 7.05 Å². The van der Waals surface area contributed by atoms with Crippen LogP contribution in [0, 0.1) is 4.58 Å². The van der Waals surface area contributed by atoms with Gasteiger partial charge in [-0.3, -0.25) is 0 Å². The molecule has 1 radical (unpaired) electrons. The van der Waals surface area contributed by atoms with E-state index in [1.165, 1.54) is 4.58 Å². The van der Waals surface area contributed by atoms with Gasteiger partial charge in [-0.25, -0.2) is 4.98 Å². The third-order valence-electron chi connectivity index (χ3n) is 1.41. The molecular weight excluding hydrogens is 204 g/mol. The fourth-order valence-corrected chi connectivity index (χ4v) is 2.46. The summed E-state index contributed by atoms with van der Waals surface area (Å²) in [6.45, 7) is 2.27. The highest BCUT2D eigenvalue weighted by molar-refractivity contribution is 8.20.